The van der Waals surface area contributed by atoms with E-state index in [0.29, 0.717) is 6.04 Å². The minimum Gasteiger partial charge on any atom is -0.324 e. The Morgan fingerprint density at radius 1 is 1.33 bits per heavy atom. The number of amides is 1. The highest BCUT2D eigenvalue weighted by molar-refractivity contribution is 5.95. The van der Waals surface area contributed by atoms with Crippen LogP contribution < -0.4 is 10.6 Å². The molecule has 0 bridgehead atoms. The van der Waals surface area contributed by atoms with Crippen molar-refractivity contribution in [3.8, 4) is 0 Å². The van der Waals surface area contributed by atoms with Gasteiger partial charge in [-0.25, -0.2) is 0 Å². The summed E-state index contributed by atoms with van der Waals surface area (Å²) in [6.07, 6.45) is 4.96. The number of hydrogen-bond donors (Lipinski definition) is 2. The lowest BCUT2D eigenvalue weighted by Crippen LogP contribution is -2.45. The van der Waals surface area contributed by atoms with Gasteiger partial charge >= 0.3 is 0 Å². The molecule has 1 aromatic rings. The number of anilines is 1. The van der Waals surface area contributed by atoms with Gasteiger partial charge in [0.1, 0.15) is 0 Å². The van der Waals surface area contributed by atoms with Crippen LogP contribution >= 0.6 is 0 Å². The van der Waals surface area contributed by atoms with E-state index in [9.17, 15) is 4.79 Å². The lowest BCUT2D eigenvalue weighted by Gasteiger charge is -2.24. The molecule has 3 unspecified atom stereocenters. The van der Waals surface area contributed by atoms with Crippen molar-refractivity contribution < 1.29 is 4.79 Å². The van der Waals surface area contributed by atoms with Crippen molar-refractivity contribution in [2.45, 2.75) is 65.5 Å². The molecule has 2 rings (SSSR count). The van der Waals surface area contributed by atoms with Crippen LogP contribution in [-0.2, 0) is 4.79 Å². The molecule has 0 radical (unpaired) electrons. The van der Waals surface area contributed by atoms with Crippen LogP contribution in [0, 0.1) is 19.8 Å². The minimum absolute atomic E-state index is 0.0590. The van der Waals surface area contributed by atoms with Crippen molar-refractivity contribution >= 4 is 11.6 Å². The highest BCUT2D eigenvalue weighted by Crippen LogP contribution is 2.28. The molecule has 3 heteroatoms. The van der Waals surface area contributed by atoms with E-state index >= 15 is 0 Å². The van der Waals surface area contributed by atoms with Crippen molar-refractivity contribution in [2.75, 3.05) is 5.32 Å². The molecular formula is C18H28N2O. The topological polar surface area (TPSA) is 41.1 Å². The van der Waals surface area contributed by atoms with E-state index in [2.05, 4.69) is 30.5 Å². The molecular weight excluding hydrogens is 260 g/mol. The Morgan fingerprint density at radius 3 is 2.76 bits per heavy atom. The Bertz CT molecular complexity index is 498. The second-order valence-corrected chi connectivity index (χ2v) is 6.40. The molecule has 1 fully saturated rings. The van der Waals surface area contributed by atoms with E-state index < -0.39 is 0 Å². The second kappa shape index (κ2) is 7.08. The van der Waals surface area contributed by atoms with Crippen molar-refractivity contribution in [1.29, 1.82) is 0 Å². The molecule has 0 aliphatic heterocycles. The van der Waals surface area contributed by atoms with Gasteiger partial charge in [-0.05, 0) is 51.2 Å². The average molecular weight is 288 g/mol. The Kier molecular flexibility index (Phi) is 5.40. The normalized spacial score (nSPS) is 23.0. The monoisotopic (exact) mass is 288 g/mol. The summed E-state index contributed by atoms with van der Waals surface area (Å²) < 4.78 is 0. The van der Waals surface area contributed by atoms with Crippen LogP contribution in [0.5, 0.6) is 0 Å². The van der Waals surface area contributed by atoms with E-state index in [1.165, 1.54) is 31.2 Å². The summed E-state index contributed by atoms with van der Waals surface area (Å²) in [7, 11) is 0. The maximum absolute atomic E-state index is 12.4. The maximum atomic E-state index is 12.4. The standard InChI is InChI=1S/C18H28N2O/c1-5-15-7-6-8-17(15)19-14(4)18(21)20-16-10-9-12(2)11-13(16)3/h9-11,14-15,17,19H,5-8H2,1-4H3,(H,20,21). The van der Waals surface area contributed by atoms with Gasteiger partial charge in [0.05, 0.1) is 6.04 Å². The Morgan fingerprint density at radius 2 is 2.10 bits per heavy atom. The second-order valence-electron chi connectivity index (χ2n) is 6.40. The fourth-order valence-electron chi connectivity index (χ4n) is 3.34. The van der Waals surface area contributed by atoms with Gasteiger partial charge in [-0.1, -0.05) is 37.5 Å². The van der Waals surface area contributed by atoms with Gasteiger partial charge < -0.3 is 10.6 Å². The van der Waals surface area contributed by atoms with E-state index in [1.54, 1.807) is 0 Å². The molecule has 0 spiro atoms. The minimum atomic E-state index is -0.150. The van der Waals surface area contributed by atoms with Gasteiger partial charge in [0.15, 0.2) is 0 Å². The molecule has 1 aromatic carbocycles. The first-order valence-electron chi connectivity index (χ1n) is 8.15. The predicted molar refractivity (Wildman–Crippen MR) is 88.6 cm³/mol. The van der Waals surface area contributed by atoms with Crippen molar-refractivity contribution in [2.24, 2.45) is 5.92 Å². The number of rotatable bonds is 5. The first-order chi connectivity index (χ1) is 10.0. The first-order valence-corrected chi connectivity index (χ1v) is 8.15. The molecule has 3 atom stereocenters. The van der Waals surface area contributed by atoms with Crippen molar-refractivity contribution in [3.63, 3.8) is 0 Å². The Balaban J connectivity index is 1.93. The number of carbonyl (C=O) groups is 1. The van der Waals surface area contributed by atoms with Crippen LogP contribution in [0.2, 0.25) is 0 Å². The fourth-order valence-corrected chi connectivity index (χ4v) is 3.34. The maximum Gasteiger partial charge on any atom is 0.241 e. The Hall–Kier alpha value is -1.35. The van der Waals surface area contributed by atoms with E-state index in [-0.39, 0.29) is 11.9 Å². The molecule has 1 aliphatic rings. The number of benzene rings is 1. The zero-order valence-corrected chi connectivity index (χ0v) is 13.7. The smallest absolute Gasteiger partial charge is 0.241 e. The summed E-state index contributed by atoms with van der Waals surface area (Å²) in [6.45, 7) is 8.30. The van der Waals surface area contributed by atoms with Crippen molar-refractivity contribution in [1.82, 2.24) is 5.32 Å². The molecule has 2 N–H and O–H groups in total. The Labute approximate surface area is 128 Å². The van der Waals surface area contributed by atoms with Gasteiger partial charge in [0.2, 0.25) is 5.91 Å². The zero-order chi connectivity index (χ0) is 15.4. The van der Waals surface area contributed by atoms with Crippen LogP contribution in [0.3, 0.4) is 0 Å². The molecule has 1 aliphatic carbocycles. The van der Waals surface area contributed by atoms with Gasteiger partial charge in [-0.15, -0.1) is 0 Å². The van der Waals surface area contributed by atoms with E-state index in [0.717, 1.165) is 17.2 Å². The molecule has 21 heavy (non-hydrogen) atoms. The van der Waals surface area contributed by atoms with Gasteiger partial charge in [0, 0.05) is 11.7 Å². The number of hydrogen-bond acceptors (Lipinski definition) is 2. The number of carbonyl (C=O) groups excluding carboxylic acids is 1. The fraction of sp³-hybridized carbons (Fsp3) is 0.611. The predicted octanol–water partition coefficient (Wildman–Crippen LogP) is 3.80. The van der Waals surface area contributed by atoms with Gasteiger partial charge in [-0.2, -0.15) is 0 Å². The molecule has 116 valence electrons. The van der Waals surface area contributed by atoms with E-state index in [4.69, 9.17) is 0 Å². The summed E-state index contributed by atoms with van der Waals surface area (Å²) in [5.41, 5.74) is 3.24. The third-order valence-electron chi connectivity index (χ3n) is 4.68. The van der Waals surface area contributed by atoms with Crippen LogP contribution in [-0.4, -0.2) is 18.0 Å². The average Bonchev–Trinajstić information content (AvgIpc) is 2.89. The first kappa shape index (κ1) is 16.0. The number of aryl methyl sites for hydroxylation is 2. The molecule has 1 amide bonds. The van der Waals surface area contributed by atoms with Crippen molar-refractivity contribution in [3.05, 3.63) is 29.3 Å². The molecule has 0 aromatic heterocycles. The number of nitrogens with one attached hydrogen (secondary N) is 2. The molecule has 0 saturated heterocycles. The summed E-state index contributed by atoms with van der Waals surface area (Å²) in [4.78, 5) is 12.4. The quantitative estimate of drug-likeness (QED) is 0.865. The highest BCUT2D eigenvalue weighted by Gasteiger charge is 2.28. The van der Waals surface area contributed by atoms with Crippen LogP contribution in [0.1, 0.15) is 50.7 Å². The van der Waals surface area contributed by atoms with Crippen LogP contribution in [0.4, 0.5) is 5.69 Å². The van der Waals surface area contributed by atoms with Crippen LogP contribution in [0.25, 0.3) is 0 Å². The van der Waals surface area contributed by atoms with Gasteiger partial charge in [0.25, 0.3) is 0 Å². The zero-order valence-electron chi connectivity index (χ0n) is 13.7. The van der Waals surface area contributed by atoms with Crippen LogP contribution in [0.15, 0.2) is 18.2 Å². The lowest BCUT2D eigenvalue weighted by atomic mass is 10.00. The third-order valence-corrected chi connectivity index (χ3v) is 4.68. The third kappa shape index (κ3) is 4.07. The largest absolute Gasteiger partial charge is 0.324 e. The summed E-state index contributed by atoms with van der Waals surface area (Å²) in [5, 5.41) is 6.56. The molecule has 1 saturated carbocycles. The summed E-state index contributed by atoms with van der Waals surface area (Å²) in [5.74, 6) is 0.782. The SMILES string of the molecule is CCC1CCCC1NC(C)C(=O)Nc1ccc(C)cc1C. The summed E-state index contributed by atoms with van der Waals surface area (Å²) >= 11 is 0. The molecule has 3 nitrogen and oxygen atoms in total. The lowest BCUT2D eigenvalue weighted by molar-refractivity contribution is -0.118. The molecule has 0 heterocycles. The van der Waals surface area contributed by atoms with E-state index in [1.807, 2.05) is 26.0 Å². The highest BCUT2D eigenvalue weighted by atomic mass is 16.2. The van der Waals surface area contributed by atoms with Gasteiger partial charge in [-0.3, -0.25) is 4.79 Å². The summed E-state index contributed by atoms with van der Waals surface area (Å²) in [6, 6.07) is 6.46.